The van der Waals surface area contributed by atoms with E-state index in [1.807, 2.05) is 11.6 Å². The van der Waals surface area contributed by atoms with Crippen molar-refractivity contribution < 1.29 is 0 Å². The monoisotopic (exact) mass is 254 g/mol. The molecule has 0 bridgehead atoms. The fraction of sp³-hybridized carbons (Fsp3) is 0.750. The maximum Gasteiger partial charge on any atom is 0.148 e. The molecule has 0 aliphatic carbocycles. The van der Waals surface area contributed by atoms with Crippen LogP contribution in [-0.2, 0) is 6.54 Å². The van der Waals surface area contributed by atoms with Crippen molar-refractivity contribution in [2.24, 2.45) is 0 Å². The lowest BCUT2D eigenvalue weighted by atomic mass is 10.1. The number of anilines is 2. The molecule has 1 fully saturated rings. The molecule has 1 atom stereocenters. The van der Waals surface area contributed by atoms with Crippen molar-refractivity contribution in [1.29, 1.82) is 0 Å². The van der Waals surface area contributed by atoms with Crippen molar-refractivity contribution in [2.75, 3.05) is 23.3 Å². The summed E-state index contributed by atoms with van der Waals surface area (Å²) in [5, 5.41) is 7.91. The van der Waals surface area contributed by atoms with Crippen LogP contribution in [0.1, 0.15) is 32.4 Å². The van der Waals surface area contributed by atoms with Gasteiger partial charge in [0.25, 0.3) is 0 Å². The molecular weight excluding hydrogens is 232 g/mol. The summed E-state index contributed by atoms with van der Waals surface area (Å²) in [6, 6.07) is 0. The summed E-state index contributed by atoms with van der Waals surface area (Å²) in [5.41, 5.74) is 7.76. The second-order valence-electron chi connectivity index (χ2n) is 4.92. The lowest BCUT2D eigenvalue weighted by molar-refractivity contribution is 0.618. The van der Waals surface area contributed by atoms with Crippen LogP contribution in [0.15, 0.2) is 0 Å². The second kappa shape index (κ2) is 4.80. The average Bonchev–Trinajstić information content (AvgIpc) is 2.84. The number of nitrogen functional groups attached to an aromatic ring is 1. The molecule has 4 nitrogen and oxygen atoms in total. The van der Waals surface area contributed by atoms with E-state index >= 15 is 0 Å². The molecule has 0 radical (unpaired) electrons. The number of nitrogens with zero attached hydrogens (tertiary/aromatic N) is 2. The van der Waals surface area contributed by atoms with Crippen LogP contribution in [0.4, 0.5) is 11.5 Å². The third-order valence-corrected chi connectivity index (χ3v) is 4.94. The highest BCUT2D eigenvalue weighted by Crippen LogP contribution is 2.38. The van der Waals surface area contributed by atoms with Gasteiger partial charge in [-0.3, -0.25) is 0 Å². The minimum atomic E-state index is 0.350. The summed E-state index contributed by atoms with van der Waals surface area (Å²) in [5.74, 6) is 2.26. The molecule has 2 rings (SSSR count). The number of hydrogen-bond acceptors (Lipinski definition) is 4. The topological polar surface area (TPSA) is 55.9 Å². The number of nitrogens with two attached hydrogens (primary N) is 1. The molecule has 1 saturated heterocycles. The van der Waals surface area contributed by atoms with Crippen LogP contribution in [0.25, 0.3) is 0 Å². The van der Waals surface area contributed by atoms with E-state index in [1.165, 1.54) is 18.6 Å². The number of nitrogens with one attached hydrogen (secondary N) is 1. The number of hydrogen-bond donors (Lipinski definition) is 2. The maximum atomic E-state index is 6.05. The normalized spacial score (nSPS) is 24.2. The molecule has 2 heterocycles. The minimum Gasteiger partial charge on any atom is -0.394 e. The van der Waals surface area contributed by atoms with Gasteiger partial charge in [0.1, 0.15) is 5.82 Å². The molecule has 3 N–H and O–H groups in total. The predicted octanol–water partition coefficient (Wildman–Crippen LogP) is 2.49. The lowest BCUT2D eigenvalue weighted by Crippen LogP contribution is -2.28. The van der Waals surface area contributed by atoms with Crippen molar-refractivity contribution in [3.05, 3.63) is 5.69 Å². The molecule has 0 aromatic carbocycles. The number of rotatable bonds is 4. The molecule has 96 valence electrons. The first kappa shape index (κ1) is 12.6. The van der Waals surface area contributed by atoms with E-state index in [0.29, 0.717) is 4.75 Å². The van der Waals surface area contributed by atoms with Gasteiger partial charge in [-0.15, -0.1) is 0 Å². The van der Waals surface area contributed by atoms with Crippen molar-refractivity contribution in [1.82, 2.24) is 9.78 Å². The highest BCUT2D eigenvalue weighted by atomic mass is 32.2. The van der Waals surface area contributed by atoms with Gasteiger partial charge in [-0.2, -0.15) is 16.9 Å². The van der Waals surface area contributed by atoms with Crippen LogP contribution < -0.4 is 11.1 Å². The largest absolute Gasteiger partial charge is 0.394 e. The Bertz CT molecular complexity index is 393. The van der Waals surface area contributed by atoms with Gasteiger partial charge >= 0.3 is 0 Å². The molecule has 0 amide bonds. The lowest BCUT2D eigenvalue weighted by Gasteiger charge is -2.23. The smallest absolute Gasteiger partial charge is 0.148 e. The molecule has 1 aliphatic rings. The van der Waals surface area contributed by atoms with Gasteiger partial charge in [-0.05, 0) is 39.4 Å². The van der Waals surface area contributed by atoms with Gasteiger partial charge in [-0.1, -0.05) is 0 Å². The zero-order valence-electron chi connectivity index (χ0n) is 10.9. The van der Waals surface area contributed by atoms with E-state index in [4.69, 9.17) is 5.73 Å². The summed E-state index contributed by atoms with van der Waals surface area (Å²) >= 11 is 2.06. The van der Waals surface area contributed by atoms with E-state index in [2.05, 4.69) is 36.0 Å². The van der Waals surface area contributed by atoms with Crippen molar-refractivity contribution >= 4 is 23.3 Å². The van der Waals surface area contributed by atoms with E-state index < -0.39 is 0 Å². The Balaban J connectivity index is 2.08. The zero-order chi connectivity index (χ0) is 12.5. The van der Waals surface area contributed by atoms with Crippen LogP contribution in [0.2, 0.25) is 0 Å². The van der Waals surface area contributed by atoms with Gasteiger partial charge in [0.15, 0.2) is 0 Å². The van der Waals surface area contributed by atoms with Gasteiger partial charge < -0.3 is 11.1 Å². The van der Waals surface area contributed by atoms with Crippen molar-refractivity contribution in [3.8, 4) is 0 Å². The fourth-order valence-corrected chi connectivity index (χ4v) is 3.50. The SMILES string of the molecule is CCn1nc(C)c(N)c1NCC1(C)CCCS1. The van der Waals surface area contributed by atoms with E-state index in [1.54, 1.807) is 0 Å². The van der Waals surface area contributed by atoms with Gasteiger partial charge in [0, 0.05) is 17.8 Å². The second-order valence-corrected chi connectivity index (χ2v) is 6.60. The number of thioether (sulfide) groups is 1. The molecule has 1 aromatic heterocycles. The summed E-state index contributed by atoms with van der Waals surface area (Å²) in [6.45, 7) is 8.19. The maximum absolute atomic E-state index is 6.05. The molecule has 0 spiro atoms. The summed E-state index contributed by atoms with van der Waals surface area (Å²) in [4.78, 5) is 0. The zero-order valence-corrected chi connectivity index (χ0v) is 11.7. The van der Waals surface area contributed by atoms with E-state index in [0.717, 1.165) is 30.3 Å². The molecular formula is C12H22N4S. The molecule has 1 aliphatic heterocycles. The highest BCUT2D eigenvalue weighted by Gasteiger charge is 2.29. The molecule has 17 heavy (non-hydrogen) atoms. The summed E-state index contributed by atoms with van der Waals surface area (Å²) in [6.07, 6.45) is 2.61. The van der Waals surface area contributed by atoms with E-state index in [9.17, 15) is 0 Å². The predicted molar refractivity (Wildman–Crippen MR) is 75.6 cm³/mol. The van der Waals surface area contributed by atoms with Crippen LogP contribution in [0.5, 0.6) is 0 Å². The molecule has 1 aromatic rings. The molecule has 5 heteroatoms. The Morgan fingerprint density at radius 1 is 1.59 bits per heavy atom. The standard InChI is InChI=1S/C12H22N4S/c1-4-16-11(10(13)9(2)15-16)14-8-12(3)6-5-7-17-12/h14H,4-8,13H2,1-3H3. The summed E-state index contributed by atoms with van der Waals surface area (Å²) in [7, 11) is 0. The first-order valence-corrected chi connectivity index (χ1v) is 7.25. The van der Waals surface area contributed by atoms with Crippen molar-refractivity contribution in [2.45, 2.75) is 44.9 Å². The molecule has 0 saturated carbocycles. The Hall–Kier alpha value is -0.840. The summed E-state index contributed by atoms with van der Waals surface area (Å²) < 4.78 is 2.30. The van der Waals surface area contributed by atoms with Gasteiger partial charge in [0.05, 0.1) is 11.4 Å². The number of aromatic nitrogens is 2. The fourth-order valence-electron chi connectivity index (χ4n) is 2.26. The first-order valence-electron chi connectivity index (χ1n) is 6.26. The van der Waals surface area contributed by atoms with Gasteiger partial charge in [-0.25, -0.2) is 4.68 Å². The van der Waals surface area contributed by atoms with Crippen LogP contribution in [-0.4, -0.2) is 26.8 Å². The van der Waals surface area contributed by atoms with Gasteiger partial charge in [0.2, 0.25) is 0 Å². The Labute approximate surface area is 107 Å². The van der Waals surface area contributed by atoms with Crippen molar-refractivity contribution in [3.63, 3.8) is 0 Å². The van der Waals surface area contributed by atoms with Crippen LogP contribution in [0, 0.1) is 6.92 Å². The number of aryl methyl sites for hydroxylation is 2. The van der Waals surface area contributed by atoms with E-state index in [-0.39, 0.29) is 0 Å². The third kappa shape index (κ3) is 2.54. The van der Waals surface area contributed by atoms with Crippen LogP contribution in [0.3, 0.4) is 0 Å². The average molecular weight is 254 g/mol. The Morgan fingerprint density at radius 2 is 2.35 bits per heavy atom. The molecule has 1 unspecified atom stereocenters. The first-order chi connectivity index (χ1) is 8.06. The van der Waals surface area contributed by atoms with Crippen LogP contribution >= 0.6 is 11.8 Å². The minimum absolute atomic E-state index is 0.350. The highest BCUT2D eigenvalue weighted by molar-refractivity contribution is 8.00. The quantitative estimate of drug-likeness (QED) is 0.867. The Kier molecular flexibility index (Phi) is 3.56. The Morgan fingerprint density at radius 3 is 2.94 bits per heavy atom. The third-order valence-electron chi connectivity index (χ3n) is 3.40.